The van der Waals surface area contributed by atoms with E-state index >= 15 is 0 Å². The molecule has 0 spiro atoms. The number of hydrogen-bond acceptors (Lipinski definition) is 6. The Kier molecular flexibility index (Phi) is 6.34. The molecule has 1 saturated heterocycles. The molecule has 2 aliphatic heterocycles. The summed E-state index contributed by atoms with van der Waals surface area (Å²) < 4.78 is 7.85. The van der Waals surface area contributed by atoms with Crippen LogP contribution in [0.4, 0.5) is 0 Å². The molecule has 0 bridgehead atoms. The van der Waals surface area contributed by atoms with E-state index in [1.807, 2.05) is 25.3 Å². The molecule has 1 aromatic carbocycles. The predicted octanol–water partition coefficient (Wildman–Crippen LogP) is 2.87. The molecule has 3 aliphatic rings. The smallest absolute Gasteiger partial charge is 0.247 e. The normalized spacial score (nSPS) is 23.7. The van der Waals surface area contributed by atoms with E-state index in [1.165, 1.54) is 11.1 Å². The highest BCUT2D eigenvalue weighted by Gasteiger charge is 2.51. The van der Waals surface area contributed by atoms with Crippen LogP contribution in [-0.2, 0) is 35.5 Å². The Balaban J connectivity index is 1.45. The number of rotatable bonds is 6. The largest absolute Gasteiger partial charge is 0.449 e. The maximum Gasteiger partial charge on any atom is 0.247 e. The van der Waals surface area contributed by atoms with E-state index in [9.17, 15) is 9.59 Å². The second-order valence-corrected chi connectivity index (χ2v) is 11.2. The van der Waals surface area contributed by atoms with Crippen LogP contribution in [-0.4, -0.2) is 61.8 Å². The third-order valence-corrected chi connectivity index (χ3v) is 8.67. The summed E-state index contributed by atoms with van der Waals surface area (Å²) in [6, 6.07) is 6.47. The summed E-state index contributed by atoms with van der Waals surface area (Å²) in [7, 11) is 2.09. The van der Waals surface area contributed by atoms with Crippen molar-refractivity contribution in [2.75, 3.05) is 13.6 Å². The summed E-state index contributed by atoms with van der Waals surface area (Å²) >= 11 is 0. The van der Waals surface area contributed by atoms with Crippen LogP contribution in [0.5, 0.6) is 0 Å². The topological polar surface area (TPSA) is 96.5 Å². The Morgan fingerprint density at radius 1 is 1.16 bits per heavy atom. The van der Waals surface area contributed by atoms with Crippen molar-refractivity contribution >= 4 is 11.8 Å². The van der Waals surface area contributed by atoms with Crippen LogP contribution in [0, 0.1) is 18.8 Å². The Morgan fingerprint density at radius 3 is 2.55 bits per heavy atom. The van der Waals surface area contributed by atoms with Crippen LogP contribution in [0.3, 0.4) is 0 Å². The van der Waals surface area contributed by atoms with E-state index in [0.29, 0.717) is 11.6 Å². The van der Waals surface area contributed by atoms with Gasteiger partial charge >= 0.3 is 0 Å². The van der Waals surface area contributed by atoms with Crippen molar-refractivity contribution in [2.45, 2.75) is 71.2 Å². The Morgan fingerprint density at radius 2 is 1.89 bits per heavy atom. The van der Waals surface area contributed by atoms with Crippen LogP contribution < -0.4 is 5.32 Å². The van der Waals surface area contributed by atoms with Gasteiger partial charge in [0, 0.05) is 32.8 Å². The van der Waals surface area contributed by atoms with Crippen molar-refractivity contribution < 1.29 is 14.0 Å². The van der Waals surface area contributed by atoms with Gasteiger partial charge < -0.3 is 19.2 Å². The summed E-state index contributed by atoms with van der Waals surface area (Å²) in [5, 5.41) is 3.16. The highest BCUT2D eigenvalue weighted by Crippen LogP contribution is 2.38. The van der Waals surface area contributed by atoms with Crippen LogP contribution >= 0.6 is 0 Å². The van der Waals surface area contributed by atoms with Crippen LogP contribution in [0.15, 0.2) is 41.1 Å². The number of hydrogen-bond donors (Lipinski definition) is 1. The zero-order valence-electron chi connectivity index (χ0n) is 22.6. The third-order valence-electron chi connectivity index (χ3n) is 8.67. The van der Waals surface area contributed by atoms with Crippen molar-refractivity contribution in [3.8, 4) is 0 Å². The van der Waals surface area contributed by atoms with Gasteiger partial charge in [0.25, 0.3) is 0 Å². The van der Waals surface area contributed by atoms with E-state index < -0.39 is 18.1 Å². The lowest BCUT2D eigenvalue weighted by Crippen LogP contribution is -2.67. The van der Waals surface area contributed by atoms with Crippen molar-refractivity contribution in [3.05, 3.63) is 71.0 Å². The number of amides is 2. The number of nitrogens with one attached hydrogen (secondary N) is 1. The molecule has 6 rings (SSSR count). The first kappa shape index (κ1) is 24.9. The average Bonchev–Trinajstić information content (AvgIpc) is 3.64. The molecular weight excluding hydrogens is 480 g/mol. The van der Waals surface area contributed by atoms with Crippen molar-refractivity contribution in [3.63, 3.8) is 0 Å². The summed E-state index contributed by atoms with van der Waals surface area (Å²) in [6.45, 7) is 8.32. The first-order valence-electron chi connectivity index (χ1n) is 13.7. The number of likely N-dealkylation sites (N-methyl/N-ethyl adjacent to an activating group) is 1. The number of fused-ring (bicyclic) bond motifs is 2. The first-order valence-corrected chi connectivity index (χ1v) is 13.7. The molecule has 4 heterocycles. The molecule has 4 atom stereocenters. The third kappa shape index (κ3) is 4.13. The quantitative estimate of drug-likeness (QED) is 0.541. The van der Waals surface area contributed by atoms with E-state index in [1.54, 1.807) is 18.1 Å². The monoisotopic (exact) mass is 516 g/mol. The minimum atomic E-state index is -0.631. The van der Waals surface area contributed by atoms with Gasteiger partial charge in [0.05, 0.1) is 5.69 Å². The molecule has 200 valence electrons. The molecule has 1 aliphatic carbocycles. The number of aromatic nitrogens is 3. The molecule has 1 N–H and O–H groups in total. The second kappa shape index (κ2) is 9.69. The molecule has 2 aromatic heterocycles. The van der Waals surface area contributed by atoms with Gasteiger partial charge in [-0.15, -0.1) is 0 Å². The fourth-order valence-electron chi connectivity index (χ4n) is 6.48. The number of carbonyl (C=O) groups excluding carboxylic acids is 2. The number of imidazole rings is 1. The Bertz CT molecular complexity index is 1340. The molecular formula is C29H36N6O3. The van der Waals surface area contributed by atoms with Gasteiger partial charge in [0.2, 0.25) is 11.8 Å². The number of carbonyl (C=O) groups is 2. The average molecular weight is 517 g/mol. The highest BCUT2D eigenvalue weighted by atomic mass is 16.3. The Hall–Kier alpha value is -3.46. The lowest BCUT2D eigenvalue weighted by Gasteiger charge is -2.46. The maximum atomic E-state index is 14.6. The zero-order valence-corrected chi connectivity index (χ0v) is 22.6. The Labute approximate surface area is 223 Å². The second-order valence-electron chi connectivity index (χ2n) is 11.2. The molecule has 3 aromatic rings. The molecule has 0 saturated carbocycles. The number of oxazole rings is 1. The molecule has 9 heteroatoms. The fourth-order valence-corrected chi connectivity index (χ4v) is 6.48. The SMILES string of the molecule is CC[C@H](C)[C@@H]1C(=O)N[C@H](C2Cc3ccccc3C2)C(=O)N1C(c1coc(C)n1)c1ncc2n1CCN(C)C2. The molecule has 0 radical (unpaired) electrons. The molecule has 1 unspecified atom stereocenters. The molecule has 38 heavy (non-hydrogen) atoms. The van der Waals surface area contributed by atoms with Crippen LogP contribution in [0.1, 0.15) is 60.5 Å². The van der Waals surface area contributed by atoms with Gasteiger partial charge in [-0.3, -0.25) is 14.5 Å². The summed E-state index contributed by atoms with van der Waals surface area (Å²) in [5.41, 5.74) is 4.21. The number of piperazine rings is 1. The van der Waals surface area contributed by atoms with E-state index in [0.717, 1.165) is 50.4 Å². The van der Waals surface area contributed by atoms with Crippen molar-refractivity contribution in [2.24, 2.45) is 11.8 Å². The van der Waals surface area contributed by atoms with Gasteiger partial charge in [0.1, 0.15) is 35.9 Å². The molecule has 9 nitrogen and oxygen atoms in total. The van der Waals surface area contributed by atoms with Crippen LogP contribution in [0.2, 0.25) is 0 Å². The predicted molar refractivity (Wildman–Crippen MR) is 141 cm³/mol. The molecule has 2 amide bonds. The lowest BCUT2D eigenvalue weighted by atomic mass is 9.86. The number of nitrogens with zero attached hydrogens (tertiary/aromatic N) is 5. The zero-order chi connectivity index (χ0) is 26.6. The summed E-state index contributed by atoms with van der Waals surface area (Å²) in [4.78, 5) is 42.0. The van der Waals surface area contributed by atoms with Gasteiger partial charge in [0.15, 0.2) is 5.89 Å². The summed E-state index contributed by atoms with van der Waals surface area (Å²) in [5.74, 6) is 1.06. The van der Waals surface area contributed by atoms with Gasteiger partial charge in [-0.1, -0.05) is 44.5 Å². The van der Waals surface area contributed by atoms with E-state index in [2.05, 4.69) is 45.9 Å². The minimum absolute atomic E-state index is 0.00627. The molecule has 1 fully saturated rings. The standard InChI is InChI=1S/C29H36N6O3/c1-5-17(2)25-28(36)32-24(21-12-19-8-6-7-9-20(19)13-21)29(37)35(25)26(23-16-38-18(3)31-23)27-30-14-22-15-33(4)10-11-34(22)27/h6-9,14,16-17,21,24-26H,5,10-13,15H2,1-4H3,(H,32,36)/t17-,24+,25+,26?/m0/s1. The number of benzene rings is 1. The summed E-state index contributed by atoms with van der Waals surface area (Å²) in [6.07, 6.45) is 5.81. The van der Waals surface area contributed by atoms with Gasteiger partial charge in [-0.05, 0) is 42.9 Å². The fraction of sp³-hybridized carbons (Fsp3) is 0.517. The first-order chi connectivity index (χ1) is 18.4. The van der Waals surface area contributed by atoms with Crippen LogP contribution in [0.25, 0.3) is 0 Å². The lowest BCUT2D eigenvalue weighted by molar-refractivity contribution is -0.155. The maximum absolute atomic E-state index is 14.6. The highest BCUT2D eigenvalue weighted by molar-refractivity contribution is 5.98. The van der Waals surface area contributed by atoms with Gasteiger partial charge in [-0.25, -0.2) is 9.97 Å². The minimum Gasteiger partial charge on any atom is -0.449 e. The van der Waals surface area contributed by atoms with Gasteiger partial charge in [-0.2, -0.15) is 0 Å². The van der Waals surface area contributed by atoms with E-state index in [4.69, 9.17) is 9.40 Å². The number of aryl methyl sites for hydroxylation is 1. The van der Waals surface area contributed by atoms with Crippen molar-refractivity contribution in [1.29, 1.82) is 0 Å². The van der Waals surface area contributed by atoms with E-state index in [-0.39, 0.29) is 23.7 Å². The van der Waals surface area contributed by atoms with Crippen molar-refractivity contribution in [1.82, 2.24) is 29.7 Å².